The lowest BCUT2D eigenvalue weighted by Crippen LogP contribution is -2.32. The topological polar surface area (TPSA) is 12.0 Å². The van der Waals surface area contributed by atoms with Crippen molar-refractivity contribution in [2.75, 3.05) is 6.54 Å². The van der Waals surface area contributed by atoms with Crippen LogP contribution in [0.25, 0.3) is 0 Å². The molecule has 16 heavy (non-hydrogen) atoms. The molecule has 0 amide bonds. The van der Waals surface area contributed by atoms with Crippen LogP contribution in [0.1, 0.15) is 37.8 Å². The van der Waals surface area contributed by atoms with Crippen molar-refractivity contribution in [3.8, 4) is 0 Å². The minimum Gasteiger partial charge on any atom is -0.310 e. The minimum absolute atomic E-state index is 0.420. The van der Waals surface area contributed by atoms with Crippen LogP contribution in [0.5, 0.6) is 0 Å². The van der Waals surface area contributed by atoms with Gasteiger partial charge in [0.1, 0.15) is 0 Å². The van der Waals surface area contributed by atoms with Gasteiger partial charge in [-0.3, -0.25) is 0 Å². The fourth-order valence-corrected chi connectivity index (χ4v) is 2.89. The third-order valence-electron chi connectivity index (χ3n) is 3.34. The Labute approximate surface area is 111 Å². The lowest BCUT2D eigenvalue weighted by Gasteiger charge is -2.35. The summed E-state index contributed by atoms with van der Waals surface area (Å²) in [7, 11) is 0. The summed E-state index contributed by atoms with van der Waals surface area (Å²) in [6.07, 6.45) is 4.00. The molecule has 0 aliphatic heterocycles. The van der Waals surface area contributed by atoms with Crippen LogP contribution in [0.2, 0.25) is 5.02 Å². The van der Waals surface area contributed by atoms with E-state index in [1.54, 1.807) is 0 Å². The van der Waals surface area contributed by atoms with Gasteiger partial charge in [-0.15, -0.1) is 0 Å². The summed E-state index contributed by atoms with van der Waals surface area (Å²) < 4.78 is 1.11. The van der Waals surface area contributed by atoms with Crippen molar-refractivity contribution < 1.29 is 0 Å². The number of hydrogen-bond donors (Lipinski definition) is 1. The maximum atomic E-state index is 6.29. The highest BCUT2D eigenvalue weighted by Gasteiger charge is 2.29. The van der Waals surface area contributed by atoms with Gasteiger partial charge in [-0.05, 0) is 49.1 Å². The van der Waals surface area contributed by atoms with Gasteiger partial charge in [-0.2, -0.15) is 0 Å². The van der Waals surface area contributed by atoms with Crippen molar-refractivity contribution in [3.63, 3.8) is 0 Å². The largest absolute Gasteiger partial charge is 0.310 e. The first-order valence-electron chi connectivity index (χ1n) is 5.90. The molecule has 1 atom stereocenters. The molecule has 88 valence electrons. The predicted molar refractivity (Wildman–Crippen MR) is 72.9 cm³/mol. The van der Waals surface area contributed by atoms with Crippen molar-refractivity contribution >= 4 is 27.5 Å². The fraction of sp³-hybridized carbons (Fsp3) is 0.538. The normalized spacial score (nSPS) is 18.2. The molecule has 2 rings (SSSR count). The van der Waals surface area contributed by atoms with Crippen LogP contribution in [0.15, 0.2) is 22.7 Å². The zero-order valence-electron chi connectivity index (χ0n) is 9.47. The molecule has 1 aromatic carbocycles. The van der Waals surface area contributed by atoms with E-state index in [-0.39, 0.29) is 0 Å². The monoisotopic (exact) mass is 301 g/mol. The van der Waals surface area contributed by atoms with Crippen molar-refractivity contribution in [2.24, 2.45) is 5.92 Å². The molecule has 1 aliphatic carbocycles. The van der Waals surface area contributed by atoms with Crippen molar-refractivity contribution in [1.82, 2.24) is 5.32 Å². The molecule has 1 fully saturated rings. The highest BCUT2D eigenvalue weighted by molar-refractivity contribution is 9.10. The Kier molecular flexibility index (Phi) is 4.28. The quantitative estimate of drug-likeness (QED) is 0.860. The van der Waals surface area contributed by atoms with E-state index in [1.165, 1.54) is 24.8 Å². The van der Waals surface area contributed by atoms with E-state index in [4.69, 9.17) is 11.6 Å². The van der Waals surface area contributed by atoms with Crippen LogP contribution in [-0.4, -0.2) is 6.54 Å². The van der Waals surface area contributed by atoms with Crippen LogP contribution in [0, 0.1) is 5.92 Å². The maximum Gasteiger partial charge on any atom is 0.0454 e. The predicted octanol–water partition coefficient (Wildman–Crippen LogP) is 4.55. The molecule has 0 bridgehead atoms. The summed E-state index contributed by atoms with van der Waals surface area (Å²) in [5.41, 5.74) is 1.24. The molecule has 1 aromatic rings. The Balaban J connectivity index is 2.25. The Bertz CT molecular complexity index is 363. The Morgan fingerprint density at radius 3 is 2.81 bits per heavy atom. The molecule has 1 saturated carbocycles. The summed E-state index contributed by atoms with van der Waals surface area (Å²) >= 11 is 9.81. The van der Waals surface area contributed by atoms with Crippen LogP contribution < -0.4 is 5.32 Å². The molecular formula is C13H17BrClN. The Hall–Kier alpha value is -0.0500. The molecule has 3 heteroatoms. The van der Waals surface area contributed by atoms with E-state index >= 15 is 0 Å². The highest BCUT2D eigenvalue weighted by atomic mass is 79.9. The third kappa shape index (κ3) is 2.61. The number of benzene rings is 1. The fourth-order valence-electron chi connectivity index (χ4n) is 2.28. The average molecular weight is 303 g/mol. The Morgan fingerprint density at radius 1 is 1.50 bits per heavy atom. The third-order valence-corrected chi connectivity index (χ3v) is 4.18. The molecule has 0 spiro atoms. The van der Waals surface area contributed by atoms with Gasteiger partial charge in [0.05, 0.1) is 0 Å². The van der Waals surface area contributed by atoms with Gasteiger partial charge >= 0.3 is 0 Å². The lowest BCUT2D eigenvalue weighted by molar-refractivity contribution is 0.233. The smallest absolute Gasteiger partial charge is 0.0454 e. The molecule has 0 saturated heterocycles. The number of hydrogen-bond acceptors (Lipinski definition) is 1. The van der Waals surface area contributed by atoms with Gasteiger partial charge in [0.25, 0.3) is 0 Å². The van der Waals surface area contributed by atoms with Crippen molar-refractivity contribution in [2.45, 2.75) is 32.2 Å². The van der Waals surface area contributed by atoms with Crippen LogP contribution in [0.4, 0.5) is 0 Å². The van der Waals surface area contributed by atoms with E-state index in [0.717, 1.165) is 22.0 Å². The summed E-state index contributed by atoms with van der Waals surface area (Å²) in [4.78, 5) is 0. The first-order valence-corrected chi connectivity index (χ1v) is 7.07. The number of rotatable bonds is 4. The molecule has 1 nitrogen and oxygen atoms in total. The van der Waals surface area contributed by atoms with Gasteiger partial charge in [0.15, 0.2) is 0 Å². The highest BCUT2D eigenvalue weighted by Crippen LogP contribution is 2.40. The molecule has 0 aromatic heterocycles. The minimum atomic E-state index is 0.420. The maximum absolute atomic E-state index is 6.29. The summed E-state index contributed by atoms with van der Waals surface area (Å²) in [5.74, 6) is 0.756. The first-order chi connectivity index (χ1) is 7.72. The zero-order valence-corrected chi connectivity index (χ0v) is 11.8. The van der Waals surface area contributed by atoms with Crippen molar-refractivity contribution in [3.05, 3.63) is 33.3 Å². The standard InChI is InChI=1S/C13H17BrClN/c1-2-16-13(9-4-3-5-9)11-8-10(14)6-7-12(11)15/h6-9,13,16H,2-5H2,1H3. The van der Waals surface area contributed by atoms with Crippen LogP contribution in [-0.2, 0) is 0 Å². The van der Waals surface area contributed by atoms with Crippen molar-refractivity contribution in [1.29, 1.82) is 0 Å². The second-order valence-electron chi connectivity index (χ2n) is 4.39. The van der Waals surface area contributed by atoms with Gasteiger partial charge in [-0.1, -0.05) is 40.9 Å². The number of nitrogens with one attached hydrogen (secondary N) is 1. The van der Waals surface area contributed by atoms with Gasteiger partial charge in [-0.25, -0.2) is 0 Å². The van der Waals surface area contributed by atoms with E-state index < -0.39 is 0 Å². The zero-order chi connectivity index (χ0) is 11.5. The molecule has 1 aliphatic rings. The van der Waals surface area contributed by atoms with E-state index in [2.05, 4.69) is 34.2 Å². The van der Waals surface area contributed by atoms with E-state index in [1.807, 2.05) is 12.1 Å². The molecule has 0 heterocycles. The number of halogens is 2. The molecule has 1 N–H and O–H groups in total. The van der Waals surface area contributed by atoms with Crippen LogP contribution >= 0.6 is 27.5 Å². The van der Waals surface area contributed by atoms with Gasteiger partial charge < -0.3 is 5.32 Å². The summed E-state index contributed by atoms with van der Waals surface area (Å²) in [6, 6.07) is 6.54. The Morgan fingerprint density at radius 2 is 2.25 bits per heavy atom. The molecule has 1 unspecified atom stereocenters. The average Bonchev–Trinajstić information content (AvgIpc) is 2.18. The summed E-state index contributed by atoms with van der Waals surface area (Å²) in [6.45, 7) is 3.14. The lowest BCUT2D eigenvalue weighted by atomic mass is 9.77. The van der Waals surface area contributed by atoms with Gasteiger partial charge in [0, 0.05) is 15.5 Å². The van der Waals surface area contributed by atoms with E-state index in [9.17, 15) is 0 Å². The molecular weight excluding hydrogens is 286 g/mol. The molecule has 0 radical (unpaired) electrons. The first kappa shape index (κ1) is 12.4. The SMILES string of the molecule is CCNC(c1cc(Br)ccc1Cl)C1CCC1. The van der Waals surface area contributed by atoms with Crippen LogP contribution in [0.3, 0.4) is 0 Å². The second kappa shape index (κ2) is 5.52. The second-order valence-corrected chi connectivity index (χ2v) is 5.72. The van der Waals surface area contributed by atoms with E-state index in [0.29, 0.717) is 6.04 Å². The van der Waals surface area contributed by atoms with Gasteiger partial charge in [0.2, 0.25) is 0 Å². The summed E-state index contributed by atoms with van der Waals surface area (Å²) in [5, 5.41) is 4.44.